The van der Waals surface area contributed by atoms with Crippen LogP contribution in [0.1, 0.15) is 49.3 Å². The average Bonchev–Trinajstić information content (AvgIpc) is 3.50. The number of benzene rings is 2. The van der Waals surface area contributed by atoms with Crippen LogP contribution in [-0.2, 0) is 11.2 Å². The summed E-state index contributed by atoms with van der Waals surface area (Å²) in [6.45, 7) is 0.618. The van der Waals surface area contributed by atoms with Crippen LogP contribution in [0.3, 0.4) is 0 Å². The van der Waals surface area contributed by atoms with Gasteiger partial charge in [0.2, 0.25) is 5.91 Å². The van der Waals surface area contributed by atoms with Gasteiger partial charge in [-0.15, -0.1) is 0 Å². The number of furan rings is 1. The van der Waals surface area contributed by atoms with Crippen molar-refractivity contribution in [1.82, 2.24) is 5.32 Å². The normalized spacial score (nSPS) is 21.2. The standard InChI is InChI=1S/C27H31NO5/c1-30-22-11-10-17(13-24(22)33-21-7-3-4-8-21)20-12-19(27(29)28-15-20)14-25-26-18(16-32-25)6-5-9-23(26)31-2/h5-6,9-11,13,16,19-21H,3-4,7-8,12,14-15H2,1-2H3,(H,28,29)/t19-,20+/m0/s1. The van der Waals surface area contributed by atoms with E-state index in [1.807, 2.05) is 24.3 Å². The Morgan fingerprint density at radius 1 is 1.03 bits per heavy atom. The highest BCUT2D eigenvalue weighted by molar-refractivity contribution is 5.90. The number of nitrogens with one attached hydrogen (secondary N) is 1. The highest BCUT2D eigenvalue weighted by atomic mass is 16.5. The molecule has 1 saturated carbocycles. The minimum atomic E-state index is -0.177. The first kappa shape index (κ1) is 21.7. The van der Waals surface area contributed by atoms with E-state index in [0.717, 1.165) is 58.6 Å². The van der Waals surface area contributed by atoms with Crippen molar-refractivity contribution in [2.75, 3.05) is 20.8 Å². The van der Waals surface area contributed by atoms with E-state index in [-0.39, 0.29) is 23.8 Å². The molecule has 1 N–H and O–H groups in total. The number of rotatable bonds is 7. The molecule has 0 unspecified atom stereocenters. The van der Waals surface area contributed by atoms with Crippen LogP contribution < -0.4 is 19.5 Å². The molecule has 6 nitrogen and oxygen atoms in total. The van der Waals surface area contributed by atoms with Crippen LogP contribution in [0, 0.1) is 5.92 Å². The zero-order valence-electron chi connectivity index (χ0n) is 19.3. The Labute approximate surface area is 194 Å². The summed E-state index contributed by atoms with van der Waals surface area (Å²) in [4.78, 5) is 12.8. The van der Waals surface area contributed by atoms with Crippen molar-refractivity contribution in [3.05, 3.63) is 54.0 Å². The summed E-state index contributed by atoms with van der Waals surface area (Å²) in [5.41, 5.74) is 1.16. The maximum Gasteiger partial charge on any atom is 0.223 e. The molecule has 33 heavy (non-hydrogen) atoms. The fraction of sp³-hybridized carbons (Fsp3) is 0.444. The van der Waals surface area contributed by atoms with Gasteiger partial charge in [0.05, 0.1) is 32.0 Å². The van der Waals surface area contributed by atoms with Crippen molar-refractivity contribution in [2.45, 2.75) is 50.5 Å². The molecular weight excluding hydrogens is 418 g/mol. The first-order chi connectivity index (χ1) is 16.2. The summed E-state index contributed by atoms with van der Waals surface area (Å²) < 4.78 is 23.3. The second-order valence-electron chi connectivity index (χ2n) is 9.10. The Morgan fingerprint density at radius 3 is 2.64 bits per heavy atom. The summed E-state index contributed by atoms with van der Waals surface area (Å²) in [7, 11) is 3.33. The van der Waals surface area contributed by atoms with Gasteiger partial charge in [0.1, 0.15) is 11.5 Å². The summed E-state index contributed by atoms with van der Waals surface area (Å²) >= 11 is 0. The van der Waals surface area contributed by atoms with Crippen LogP contribution in [-0.4, -0.2) is 32.8 Å². The number of carbonyl (C=O) groups is 1. The van der Waals surface area contributed by atoms with E-state index in [2.05, 4.69) is 17.4 Å². The van der Waals surface area contributed by atoms with Crippen molar-refractivity contribution in [1.29, 1.82) is 0 Å². The molecule has 2 heterocycles. The molecule has 2 aromatic carbocycles. The lowest BCUT2D eigenvalue weighted by atomic mass is 9.82. The number of carbonyl (C=O) groups excluding carboxylic acids is 1. The molecule has 1 aliphatic carbocycles. The zero-order valence-corrected chi connectivity index (χ0v) is 19.3. The second-order valence-corrected chi connectivity index (χ2v) is 9.10. The van der Waals surface area contributed by atoms with Crippen LogP contribution in [0.15, 0.2) is 47.1 Å². The van der Waals surface area contributed by atoms with E-state index < -0.39 is 0 Å². The first-order valence-corrected chi connectivity index (χ1v) is 11.8. The third-order valence-corrected chi connectivity index (χ3v) is 7.03. The van der Waals surface area contributed by atoms with Gasteiger partial charge >= 0.3 is 0 Å². The average molecular weight is 450 g/mol. The summed E-state index contributed by atoms with van der Waals surface area (Å²) in [5, 5.41) is 5.04. The Bertz CT molecular complexity index is 1130. The Morgan fingerprint density at radius 2 is 1.85 bits per heavy atom. The smallest absolute Gasteiger partial charge is 0.223 e. The van der Waals surface area contributed by atoms with Crippen molar-refractivity contribution in [2.24, 2.45) is 5.92 Å². The maximum absolute atomic E-state index is 12.8. The third-order valence-electron chi connectivity index (χ3n) is 7.03. The summed E-state index contributed by atoms with van der Waals surface area (Å²) in [5.74, 6) is 3.23. The van der Waals surface area contributed by atoms with Gasteiger partial charge in [-0.05, 0) is 55.9 Å². The molecule has 6 heteroatoms. The lowest BCUT2D eigenvalue weighted by molar-refractivity contribution is -0.127. The molecular formula is C27H31NO5. The van der Waals surface area contributed by atoms with Crippen LogP contribution >= 0.6 is 0 Å². The van der Waals surface area contributed by atoms with Crippen LogP contribution in [0.4, 0.5) is 0 Å². The number of amides is 1. The van der Waals surface area contributed by atoms with E-state index in [9.17, 15) is 4.79 Å². The monoisotopic (exact) mass is 449 g/mol. The van der Waals surface area contributed by atoms with Crippen molar-refractivity contribution >= 4 is 16.7 Å². The molecule has 0 radical (unpaired) electrons. The molecule has 1 saturated heterocycles. The SMILES string of the molecule is COc1ccc([C@H]2CNC(=O)[C@H](Cc3occ4cccc(OC)c34)C2)cc1OC1CCCC1. The van der Waals surface area contributed by atoms with E-state index in [1.54, 1.807) is 20.5 Å². The minimum absolute atomic E-state index is 0.0710. The fourth-order valence-corrected chi connectivity index (χ4v) is 5.24. The number of methoxy groups -OCH3 is 2. The quantitative estimate of drug-likeness (QED) is 0.535. The van der Waals surface area contributed by atoms with E-state index >= 15 is 0 Å². The van der Waals surface area contributed by atoms with Gasteiger partial charge in [0.25, 0.3) is 0 Å². The van der Waals surface area contributed by atoms with Gasteiger partial charge in [-0.1, -0.05) is 18.2 Å². The Hall–Kier alpha value is -3.15. The molecule has 2 atom stereocenters. The molecule has 1 aromatic heterocycles. The van der Waals surface area contributed by atoms with Crippen LogP contribution in [0.5, 0.6) is 17.2 Å². The van der Waals surface area contributed by atoms with Gasteiger partial charge in [-0.3, -0.25) is 4.79 Å². The van der Waals surface area contributed by atoms with E-state index in [0.29, 0.717) is 13.0 Å². The van der Waals surface area contributed by atoms with Gasteiger partial charge < -0.3 is 23.9 Å². The number of fused-ring (bicyclic) bond motifs is 1. The molecule has 174 valence electrons. The molecule has 1 aliphatic heterocycles. The summed E-state index contributed by atoms with van der Waals surface area (Å²) in [6.07, 6.45) is 7.90. The number of hydrogen-bond donors (Lipinski definition) is 1. The largest absolute Gasteiger partial charge is 0.496 e. The highest BCUT2D eigenvalue weighted by Crippen LogP contribution is 2.38. The number of ether oxygens (including phenoxy) is 3. The van der Waals surface area contributed by atoms with Gasteiger partial charge in [-0.2, -0.15) is 0 Å². The van der Waals surface area contributed by atoms with Crippen molar-refractivity contribution in [3.63, 3.8) is 0 Å². The molecule has 0 bridgehead atoms. The third kappa shape index (κ3) is 4.39. The lowest BCUT2D eigenvalue weighted by Crippen LogP contribution is -2.41. The predicted molar refractivity (Wildman–Crippen MR) is 126 cm³/mol. The van der Waals surface area contributed by atoms with Gasteiger partial charge in [-0.25, -0.2) is 0 Å². The Balaban J connectivity index is 1.36. The fourth-order valence-electron chi connectivity index (χ4n) is 5.24. The van der Waals surface area contributed by atoms with E-state index in [1.165, 1.54) is 12.8 Å². The Kier molecular flexibility index (Phi) is 6.16. The van der Waals surface area contributed by atoms with Crippen molar-refractivity contribution in [3.8, 4) is 17.2 Å². The number of piperidine rings is 1. The molecule has 1 amide bonds. The molecule has 3 aromatic rings. The first-order valence-electron chi connectivity index (χ1n) is 11.8. The molecule has 0 spiro atoms. The number of hydrogen-bond acceptors (Lipinski definition) is 5. The maximum atomic E-state index is 12.8. The van der Waals surface area contributed by atoms with Gasteiger partial charge in [0.15, 0.2) is 11.5 Å². The van der Waals surface area contributed by atoms with Crippen LogP contribution in [0.2, 0.25) is 0 Å². The summed E-state index contributed by atoms with van der Waals surface area (Å²) in [6, 6.07) is 12.0. The van der Waals surface area contributed by atoms with Gasteiger partial charge in [0, 0.05) is 30.2 Å². The molecule has 5 rings (SSSR count). The molecule has 2 fully saturated rings. The topological polar surface area (TPSA) is 69.9 Å². The lowest BCUT2D eigenvalue weighted by Gasteiger charge is -2.30. The minimum Gasteiger partial charge on any atom is -0.496 e. The zero-order chi connectivity index (χ0) is 22.8. The highest BCUT2D eigenvalue weighted by Gasteiger charge is 2.32. The van der Waals surface area contributed by atoms with Crippen molar-refractivity contribution < 1.29 is 23.4 Å². The van der Waals surface area contributed by atoms with E-state index in [4.69, 9.17) is 18.6 Å². The van der Waals surface area contributed by atoms with Crippen LogP contribution in [0.25, 0.3) is 10.8 Å². The second kappa shape index (κ2) is 9.38. The predicted octanol–water partition coefficient (Wildman–Crippen LogP) is 5.23. The molecule has 2 aliphatic rings.